The molecule has 0 atom stereocenters. The first-order chi connectivity index (χ1) is 13.4. The third-order valence-corrected chi connectivity index (χ3v) is 3.89. The molecule has 2 rings (SSSR count). The molecule has 146 valence electrons. The van der Waals surface area contributed by atoms with Gasteiger partial charge in [-0.15, -0.1) is 0 Å². The molecule has 1 amide bonds. The van der Waals surface area contributed by atoms with E-state index in [4.69, 9.17) is 9.47 Å². The minimum absolute atomic E-state index is 0.0338. The van der Waals surface area contributed by atoms with Crippen LogP contribution in [0.2, 0.25) is 0 Å². The lowest BCUT2D eigenvalue weighted by Crippen LogP contribution is -2.24. The van der Waals surface area contributed by atoms with Crippen molar-refractivity contribution in [3.8, 4) is 23.3 Å². The van der Waals surface area contributed by atoms with Crippen molar-refractivity contribution in [1.29, 1.82) is 0 Å². The number of anilines is 1. The Hall–Kier alpha value is -3.73. The molecule has 2 aromatic carbocycles. The molecule has 0 aliphatic carbocycles. The summed E-state index contributed by atoms with van der Waals surface area (Å²) in [7, 11) is 6.58. The number of carbonyl (C=O) groups is 1. The lowest BCUT2D eigenvalue weighted by atomic mass is 10.1. The van der Waals surface area contributed by atoms with Crippen LogP contribution in [0.25, 0.3) is 0 Å². The Morgan fingerprint density at radius 2 is 1.82 bits per heavy atom. The number of rotatable bonds is 6. The van der Waals surface area contributed by atoms with E-state index in [2.05, 4.69) is 17.2 Å². The van der Waals surface area contributed by atoms with E-state index in [1.165, 1.54) is 20.3 Å². The van der Waals surface area contributed by atoms with E-state index < -0.39 is 10.8 Å². The Morgan fingerprint density at radius 1 is 1.18 bits per heavy atom. The van der Waals surface area contributed by atoms with Gasteiger partial charge in [0.2, 0.25) is 0 Å². The van der Waals surface area contributed by atoms with E-state index in [1.807, 2.05) is 43.3 Å². The molecule has 0 saturated heterocycles. The summed E-state index contributed by atoms with van der Waals surface area (Å²) in [4.78, 5) is 25.0. The molecule has 0 saturated carbocycles. The van der Waals surface area contributed by atoms with Crippen LogP contribution in [0.3, 0.4) is 0 Å². The molecule has 0 aliphatic heterocycles. The van der Waals surface area contributed by atoms with Gasteiger partial charge in [0.25, 0.3) is 11.6 Å². The third kappa shape index (κ3) is 4.71. The average molecular weight is 383 g/mol. The van der Waals surface area contributed by atoms with Crippen LogP contribution < -0.4 is 19.7 Å². The van der Waals surface area contributed by atoms with Crippen LogP contribution in [0.15, 0.2) is 36.4 Å². The molecular weight excluding hydrogens is 362 g/mol. The molecule has 0 radical (unpaired) electrons. The molecule has 1 N–H and O–H groups in total. The largest absolute Gasteiger partial charge is 0.493 e. The number of para-hydroxylation sites is 1. The van der Waals surface area contributed by atoms with E-state index in [9.17, 15) is 14.9 Å². The lowest BCUT2D eigenvalue weighted by molar-refractivity contribution is -0.385. The Kier molecular flexibility index (Phi) is 6.82. The molecule has 8 nitrogen and oxygen atoms in total. The molecular formula is C20H21N3O5. The van der Waals surface area contributed by atoms with Gasteiger partial charge in [-0.05, 0) is 12.1 Å². The van der Waals surface area contributed by atoms with Crippen LogP contribution >= 0.6 is 0 Å². The van der Waals surface area contributed by atoms with Crippen molar-refractivity contribution in [3.05, 3.63) is 57.6 Å². The lowest BCUT2D eigenvalue weighted by Gasteiger charge is -2.13. The van der Waals surface area contributed by atoms with Crippen LogP contribution in [0.1, 0.15) is 15.9 Å². The molecule has 0 fully saturated rings. The number of nitro benzene ring substituents is 1. The van der Waals surface area contributed by atoms with Gasteiger partial charge in [-0.25, -0.2) is 0 Å². The van der Waals surface area contributed by atoms with Crippen LogP contribution in [0.5, 0.6) is 11.5 Å². The van der Waals surface area contributed by atoms with Crippen molar-refractivity contribution >= 4 is 17.3 Å². The second-order valence-corrected chi connectivity index (χ2v) is 5.88. The SMILES string of the molecule is COc1cc(C(=O)NCC#Cc2ccccc2N(C)C)c([N+](=O)[O-])cc1OC. The summed E-state index contributed by atoms with van der Waals surface area (Å²) in [6.45, 7) is 0.0338. The fourth-order valence-corrected chi connectivity index (χ4v) is 2.53. The second kappa shape index (κ2) is 9.28. The number of nitrogens with one attached hydrogen (secondary N) is 1. The predicted molar refractivity (Wildman–Crippen MR) is 106 cm³/mol. The van der Waals surface area contributed by atoms with E-state index in [0.29, 0.717) is 0 Å². The summed E-state index contributed by atoms with van der Waals surface area (Å²) < 4.78 is 10.2. The number of hydrogen-bond acceptors (Lipinski definition) is 6. The van der Waals surface area contributed by atoms with E-state index in [-0.39, 0.29) is 29.3 Å². The first kappa shape index (κ1) is 20.6. The van der Waals surface area contributed by atoms with E-state index in [0.717, 1.165) is 17.3 Å². The quantitative estimate of drug-likeness (QED) is 0.468. The van der Waals surface area contributed by atoms with Gasteiger partial charge in [0.05, 0.1) is 37.4 Å². The molecule has 0 spiro atoms. The van der Waals surface area contributed by atoms with Gasteiger partial charge < -0.3 is 19.7 Å². The summed E-state index contributed by atoms with van der Waals surface area (Å²) in [6, 6.07) is 10.0. The predicted octanol–water partition coefficient (Wildman–Crippen LogP) is 2.46. The highest BCUT2D eigenvalue weighted by Gasteiger charge is 2.24. The zero-order valence-corrected chi connectivity index (χ0v) is 16.1. The van der Waals surface area contributed by atoms with Gasteiger partial charge in [0.1, 0.15) is 5.56 Å². The number of carbonyl (C=O) groups excluding carboxylic acids is 1. The first-order valence-electron chi connectivity index (χ1n) is 8.32. The monoisotopic (exact) mass is 383 g/mol. The maximum Gasteiger partial charge on any atom is 0.286 e. The van der Waals surface area contributed by atoms with Crippen molar-refractivity contribution in [2.45, 2.75) is 0 Å². The molecule has 0 aliphatic rings. The summed E-state index contributed by atoms with van der Waals surface area (Å²) in [6.07, 6.45) is 0. The van der Waals surface area contributed by atoms with Crippen LogP contribution in [0.4, 0.5) is 11.4 Å². The minimum atomic E-state index is -0.643. The zero-order valence-electron chi connectivity index (χ0n) is 16.1. The highest BCUT2D eigenvalue weighted by molar-refractivity contribution is 5.99. The summed E-state index contributed by atoms with van der Waals surface area (Å²) in [5, 5.41) is 13.9. The number of hydrogen-bond donors (Lipinski definition) is 1. The number of nitrogens with zero attached hydrogens (tertiary/aromatic N) is 2. The van der Waals surface area contributed by atoms with E-state index >= 15 is 0 Å². The van der Waals surface area contributed by atoms with Gasteiger partial charge in [-0.3, -0.25) is 14.9 Å². The maximum absolute atomic E-state index is 12.4. The molecule has 0 aromatic heterocycles. The average Bonchev–Trinajstić information content (AvgIpc) is 2.69. The van der Waals surface area contributed by atoms with Gasteiger partial charge in [0.15, 0.2) is 11.5 Å². The first-order valence-corrected chi connectivity index (χ1v) is 8.32. The van der Waals surface area contributed by atoms with Gasteiger partial charge >= 0.3 is 0 Å². The third-order valence-electron chi connectivity index (χ3n) is 3.89. The standard InChI is InChI=1S/C20H21N3O5/c1-22(2)16-10-6-5-8-14(16)9-7-11-21-20(24)15-12-18(27-3)19(28-4)13-17(15)23(25)26/h5-6,8,10,12-13H,11H2,1-4H3,(H,21,24). The summed E-state index contributed by atoms with van der Waals surface area (Å²) >= 11 is 0. The number of nitro groups is 1. The Morgan fingerprint density at radius 3 is 2.43 bits per heavy atom. The van der Waals surface area contributed by atoms with Crippen molar-refractivity contribution < 1.29 is 19.2 Å². The molecule has 8 heteroatoms. The Labute approximate surface area is 163 Å². The normalized spacial score (nSPS) is 9.71. The maximum atomic E-state index is 12.4. The highest BCUT2D eigenvalue weighted by atomic mass is 16.6. The highest BCUT2D eigenvalue weighted by Crippen LogP contribution is 2.34. The zero-order chi connectivity index (χ0) is 20.7. The summed E-state index contributed by atoms with van der Waals surface area (Å²) in [5.74, 6) is 5.63. The van der Waals surface area contributed by atoms with Crippen LogP contribution in [0, 0.1) is 22.0 Å². The second-order valence-electron chi connectivity index (χ2n) is 5.88. The minimum Gasteiger partial charge on any atom is -0.493 e. The topological polar surface area (TPSA) is 93.9 Å². The number of methoxy groups -OCH3 is 2. The molecule has 0 bridgehead atoms. The van der Waals surface area contributed by atoms with Crippen molar-refractivity contribution in [2.75, 3.05) is 39.8 Å². The van der Waals surface area contributed by atoms with Crippen molar-refractivity contribution in [3.63, 3.8) is 0 Å². The fraction of sp³-hybridized carbons (Fsp3) is 0.250. The van der Waals surface area contributed by atoms with Crippen molar-refractivity contribution in [1.82, 2.24) is 5.32 Å². The van der Waals surface area contributed by atoms with Crippen LogP contribution in [-0.4, -0.2) is 45.7 Å². The molecule has 28 heavy (non-hydrogen) atoms. The van der Waals surface area contributed by atoms with Gasteiger partial charge in [0, 0.05) is 25.7 Å². The number of amides is 1. The van der Waals surface area contributed by atoms with Gasteiger partial charge in [-0.1, -0.05) is 24.0 Å². The Balaban J connectivity index is 2.20. The van der Waals surface area contributed by atoms with Crippen LogP contribution in [-0.2, 0) is 0 Å². The number of ether oxygens (including phenoxy) is 2. The molecule has 0 heterocycles. The summed E-state index contributed by atoms with van der Waals surface area (Å²) in [5.41, 5.74) is 1.27. The van der Waals surface area contributed by atoms with Gasteiger partial charge in [-0.2, -0.15) is 0 Å². The van der Waals surface area contributed by atoms with E-state index in [1.54, 1.807) is 0 Å². The smallest absolute Gasteiger partial charge is 0.286 e. The fourth-order valence-electron chi connectivity index (χ4n) is 2.53. The van der Waals surface area contributed by atoms with Crippen molar-refractivity contribution in [2.24, 2.45) is 0 Å². The molecule has 2 aromatic rings. The Bertz CT molecular complexity index is 945. The molecule has 0 unspecified atom stereocenters. The number of benzene rings is 2.